The van der Waals surface area contributed by atoms with Crippen molar-refractivity contribution in [2.75, 3.05) is 18.4 Å². The minimum absolute atomic E-state index is 0. The van der Waals surface area contributed by atoms with Crippen molar-refractivity contribution in [2.45, 2.75) is 33.4 Å². The van der Waals surface area contributed by atoms with Gasteiger partial charge in [0.05, 0.1) is 6.04 Å². The molecule has 0 saturated carbocycles. The van der Waals surface area contributed by atoms with Crippen LogP contribution in [-0.2, 0) is 11.3 Å². The summed E-state index contributed by atoms with van der Waals surface area (Å²) >= 11 is 0. The van der Waals surface area contributed by atoms with Gasteiger partial charge in [0, 0.05) is 12.2 Å². The molecule has 0 heterocycles. The third-order valence-corrected chi connectivity index (χ3v) is 2.91. The second-order valence-corrected chi connectivity index (χ2v) is 4.44. The maximum absolute atomic E-state index is 11.5. The predicted molar refractivity (Wildman–Crippen MR) is 82.6 cm³/mol. The van der Waals surface area contributed by atoms with E-state index in [1.54, 1.807) is 6.92 Å². The van der Waals surface area contributed by atoms with Crippen molar-refractivity contribution in [1.82, 2.24) is 4.90 Å². The number of benzene rings is 1. The number of nitrogens with two attached hydrogens (primary N) is 1. The fourth-order valence-electron chi connectivity index (χ4n) is 1.71. The Morgan fingerprint density at radius 3 is 2.53 bits per heavy atom. The number of hydrogen-bond acceptors (Lipinski definition) is 3. The quantitative estimate of drug-likeness (QED) is 0.843. The lowest BCUT2D eigenvalue weighted by atomic mass is 10.2. The van der Waals surface area contributed by atoms with Crippen LogP contribution >= 0.6 is 12.4 Å². The standard InChI is InChI=1S/C14H23N3O.ClH/c1-4-17(5-2)10-12-7-6-8-13(9-12)16-14(18)11(3)15;/h6-9,11H,4-5,10,15H2,1-3H3,(H,16,18);1H. The van der Waals surface area contributed by atoms with Gasteiger partial charge in [0.2, 0.25) is 5.91 Å². The van der Waals surface area contributed by atoms with Crippen molar-refractivity contribution in [3.63, 3.8) is 0 Å². The lowest BCUT2D eigenvalue weighted by Crippen LogP contribution is -2.32. The number of nitrogens with one attached hydrogen (secondary N) is 1. The Morgan fingerprint density at radius 1 is 1.37 bits per heavy atom. The lowest BCUT2D eigenvalue weighted by molar-refractivity contribution is -0.117. The first kappa shape index (κ1) is 17.9. The summed E-state index contributed by atoms with van der Waals surface area (Å²) in [5.41, 5.74) is 7.53. The van der Waals surface area contributed by atoms with Gasteiger partial charge < -0.3 is 11.1 Å². The molecular weight excluding hydrogens is 262 g/mol. The Kier molecular flexibility index (Phi) is 8.39. The van der Waals surface area contributed by atoms with E-state index in [1.807, 2.05) is 18.2 Å². The molecule has 1 atom stereocenters. The molecule has 108 valence electrons. The fourth-order valence-corrected chi connectivity index (χ4v) is 1.71. The van der Waals surface area contributed by atoms with Crippen molar-refractivity contribution in [3.05, 3.63) is 29.8 Å². The van der Waals surface area contributed by atoms with Gasteiger partial charge in [-0.3, -0.25) is 9.69 Å². The van der Waals surface area contributed by atoms with Crippen LogP contribution in [0.4, 0.5) is 5.69 Å². The van der Waals surface area contributed by atoms with E-state index in [0.29, 0.717) is 0 Å². The number of carbonyl (C=O) groups excluding carboxylic acids is 1. The average molecular weight is 286 g/mol. The van der Waals surface area contributed by atoms with E-state index < -0.39 is 6.04 Å². The molecule has 3 N–H and O–H groups in total. The molecule has 1 aromatic carbocycles. The van der Waals surface area contributed by atoms with Gasteiger partial charge in [0.1, 0.15) is 0 Å². The van der Waals surface area contributed by atoms with Crippen LogP contribution in [-0.4, -0.2) is 29.9 Å². The first-order chi connectivity index (χ1) is 8.56. The summed E-state index contributed by atoms with van der Waals surface area (Å²) in [6.07, 6.45) is 0. The van der Waals surface area contributed by atoms with Gasteiger partial charge in [-0.25, -0.2) is 0 Å². The van der Waals surface area contributed by atoms with Crippen LogP contribution in [0.25, 0.3) is 0 Å². The molecule has 0 radical (unpaired) electrons. The average Bonchev–Trinajstić information content (AvgIpc) is 2.36. The van der Waals surface area contributed by atoms with Gasteiger partial charge in [-0.15, -0.1) is 12.4 Å². The van der Waals surface area contributed by atoms with Crippen LogP contribution in [0.2, 0.25) is 0 Å². The lowest BCUT2D eigenvalue weighted by Gasteiger charge is -2.18. The molecule has 0 fully saturated rings. The number of halogens is 1. The molecule has 5 heteroatoms. The number of amides is 1. The van der Waals surface area contributed by atoms with Crippen molar-refractivity contribution >= 4 is 24.0 Å². The maximum Gasteiger partial charge on any atom is 0.240 e. The molecule has 0 saturated heterocycles. The summed E-state index contributed by atoms with van der Waals surface area (Å²) < 4.78 is 0. The molecule has 0 aliphatic heterocycles. The molecule has 1 rings (SSSR count). The molecule has 4 nitrogen and oxygen atoms in total. The zero-order valence-electron chi connectivity index (χ0n) is 11.8. The highest BCUT2D eigenvalue weighted by Gasteiger charge is 2.08. The summed E-state index contributed by atoms with van der Waals surface area (Å²) in [6.45, 7) is 8.90. The zero-order chi connectivity index (χ0) is 13.5. The minimum atomic E-state index is -0.489. The van der Waals surface area contributed by atoms with E-state index in [0.717, 1.165) is 25.3 Å². The third kappa shape index (κ3) is 6.05. The van der Waals surface area contributed by atoms with Gasteiger partial charge in [0.15, 0.2) is 0 Å². The van der Waals surface area contributed by atoms with Crippen LogP contribution in [0, 0.1) is 0 Å². The molecule has 0 aliphatic rings. The first-order valence-electron chi connectivity index (χ1n) is 6.44. The molecule has 0 bridgehead atoms. The predicted octanol–water partition coefficient (Wildman–Crippen LogP) is 2.24. The number of anilines is 1. The largest absolute Gasteiger partial charge is 0.325 e. The smallest absolute Gasteiger partial charge is 0.240 e. The normalized spacial score (nSPS) is 11.8. The first-order valence-corrected chi connectivity index (χ1v) is 6.44. The van der Waals surface area contributed by atoms with Gasteiger partial charge in [0.25, 0.3) is 0 Å². The molecule has 0 spiro atoms. The summed E-state index contributed by atoms with van der Waals surface area (Å²) in [6, 6.07) is 7.41. The van der Waals surface area contributed by atoms with Crippen LogP contribution in [0.3, 0.4) is 0 Å². The summed E-state index contributed by atoms with van der Waals surface area (Å²) in [5, 5.41) is 2.81. The topological polar surface area (TPSA) is 58.4 Å². The maximum atomic E-state index is 11.5. The Balaban J connectivity index is 0.00000324. The second kappa shape index (κ2) is 8.91. The van der Waals surface area contributed by atoms with Crippen molar-refractivity contribution in [1.29, 1.82) is 0 Å². The minimum Gasteiger partial charge on any atom is -0.325 e. The van der Waals surface area contributed by atoms with Crippen molar-refractivity contribution in [2.24, 2.45) is 5.73 Å². The Morgan fingerprint density at radius 2 is 2.00 bits per heavy atom. The zero-order valence-corrected chi connectivity index (χ0v) is 12.7. The fraction of sp³-hybridized carbons (Fsp3) is 0.500. The van der Waals surface area contributed by atoms with Gasteiger partial charge in [-0.05, 0) is 37.7 Å². The van der Waals surface area contributed by atoms with Gasteiger partial charge in [-0.1, -0.05) is 26.0 Å². The Labute approximate surface area is 121 Å². The molecular formula is C14H24ClN3O. The van der Waals surface area contributed by atoms with E-state index in [1.165, 1.54) is 5.56 Å². The van der Waals surface area contributed by atoms with Crippen LogP contribution in [0.1, 0.15) is 26.3 Å². The number of hydrogen-bond donors (Lipinski definition) is 2. The molecule has 0 aliphatic carbocycles. The van der Waals surface area contributed by atoms with E-state index >= 15 is 0 Å². The number of nitrogens with zero attached hydrogens (tertiary/aromatic N) is 1. The number of carbonyl (C=O) groups is 1. The summed E-state index contributed by atoms with van der Waals surface area (Å²) in [4.78, 5) is 13.8. The molecule has 19 heavy (non-hydrogen) atoms. The van der Waals surface area contributed by atoms with E-state index in [9.17, 15) is 4.79 Å². The summed E-state index contributed by atoms with van der Waals surface area (Å²) in [5.74, 6) is -0.157. The highest BCUT2D eigenvalue weighted by atomic mass is 35.5. The van der Waals surface area contributed by atoms with Crippen LogP contribution in [0.15, 0.2) is 24.3 Å². The van der Waals surface area contributed by atoms with E-state index in [-0.39, 0.29) is 18.3 Å². The van der Waals surface area contributed by atoms with Crippen molar-refractivity contribution < 1.29 is 4.79 Å². The SMILES string of the molecule is CCN(CC)Cc1cccc(NC(=O)C(C)N)c1.Cl. The van der Waals surface area contributed by atoms with Crippen LogP contribution in [0.5, 0.6) is 0 Å². The molecule has 1 amide bonds. The Hall–Kier alpha value is -1.10. The Bertz CT molecular complexity index is 392. The second-order valence-electron chi connectivity index (χ2n) is 4.44. The van der Waals surface area contributed by atoms with Crippen molar-refractivity contribution in [3.8, 4) is 0 Å². The van der Waals surface area contributed by atoms with Gasteiger partial charge >= 0.3 is 0 Å². The van der Waals surface area contributed by atoms with E-state index in [4.69, 9.17) is 5.73 Å². The highest BCUT2D eigenvalue weighted by Crippen LogP contribution is 2.12. The van der Waals surface area contributed by atoms with E-state index in [2.05, 4.69) is 30.1 Å². The third-order valence-electron chi connectivity index (χ3n) is 2.91. The number of rotatable bonds is 6. The highest BCUT2D eigenvalue weighted by molar-refractivity contribution is 5.94. The molecule has 1 unspecified atom stereocenters. The monoisotopic (exact) mass is 285 g/mol. The van der Waals surface area contributed by atoms with Crippen LogP contribution < -0.4 is 11.1 Å². The summed E-state index contributed by atoms with van der Waals surface area (Å²) in [7, 11) is 0. The molecule has 1 aromatic rings. The van der Waals surface area contributed by atoms with Gasteiger partial charge in [-0.2, -0.15) is 0 Å². The molecule has 0 aromatic heterocycles.